The van der Waals surface area contributed by atoms with Gasteiger partial charge in [0.1, 0.15) is 0 Å². The van der Waals surface area contributed by atoms with Crippen LogP contribution in [0, 0.1) is 0 Å². The van der Waals surface area contributed by atoms with Crippen LogP contribution in [-0.2, 0) is 16.0 Å². The van der Waals surface area contributed by atoms with E-state index in [2.05, 4.69) is 4.98 Å². The Hall–Kier alpha value is -1.50. The van der Waals surface area contributed by atoms with Gasteiger partial charge in [-0.3, -0.25) is 9.78 Å². The highest BCUT2D eigenvalue weighted by Gasteiger charge is 2.21. The van der Waals surface area contributed by atoms with Crippen molar-refractivity contribution in [3.8, 4) is 0 Å². The third-order valence-corrected chi connectivity index (χ3v) is 3.01. The Labute approximate surface area is 119 Å². The lowest BCUT2D eigenvalue weighted by Gasteiger charge is -2.28. The lowest BCUT2D eigenvalue weighted by atomic mass is 10.1. The van der Waals surface area contributed by atoms with Crippen LogP contribution in [0.15, 0.2) is 18.3 Å². The highest BCUT2D eigenvalue weighted by atomic mass is 16.5. The second kappa shape index (κ2) is 8.63. The van der Waals surface area contributed by atoms with Crippen molar-refractivity contribution in [1.82, 2.24) is 9.88 Å². The summed E-state index contributed by atoms with van der Waals surface area (Å²) in [6, 6.07) is 3.39. The van der Waals surface area contributed by atoms with Gasteiger partial charge >= 0.3 is 0 Å². The third kappa shape index (κ3) is 4.56. The maximum Gasteiger partial charge on any atom is 0.254 e. The summed E-state index contributed by atoms with van der Waals surface area (Å²) >= 11 is 0. The summed E-state index contributed by atoms with van der Waals surface area (Å²) in [5.41, 5.74) is 6.83. The minimum Gasteiger partial charge on any atom is -0.383 e. The van der Waals surface area contributed by atoms with E-state index < -0.39 is 0 Å². The molecule has 20 heavy (non-hydrogen) atoms. The smallest absolute Gasteiger partial charge is 0.254 e. The first-order valence-electron chi connectivity index (χ1n) is 6.57. The van der Waals surface area contributed by atoms with Gasteiger partial charge in [-0.25, -0.2) is 0 Å². The Kier molecular flexibility index (Phi) is 7.14. The Morgan fingerprint density at radius 3 is 2.80 bits per heavy atom. The number of hydrogen-bond acceptors (Lipinski definition) is 5. The fraction of sp³-hybridized carbons (Fsp3) is 0.571. The number of carbonyl (C=O) groups excluding carboxylic acids is 1. The number of pyridine rings is 1. The van der Waals surface area contributed by atoms with Crippen molar-refractivity contribution >= 4 is 5.91 Å². The normalized spacial score (nSPS) is 12.2. The number of ether oxygens (including phenoxy) is 2. The monoisotopic (exact) mass is 281 g/mol. The predicted octanol–water partition coefficient (Wildman–Crippen LogP) is 0.664. The lowest BCUT2D eigenvalue weighted by Crippen LogP contribution is -2.43. The van der Waals surface area contributed by atoms with Gasteiger partial charge in [0, 0.05) is 39.1 Å². The summed E-state index contributed by atoms with van der Waals surface area (Å²) in [6.45, 7) is 3.73. The number of nitrogens with zero attached hydrogens (tertiary/aromatic N) is 2. The maximum atomic E-state index is 12.6. The van der Waals surface area contributed by atoms with E-state index in [1.807, 2.05) is 6.92 Å². The van der Waals surface area contributed by atoms with Gasteiger partial charge in [-0.05, 0) is 19.1 Å². The second-order valence-electron chi connectivity index (χ2n) is 4.54. The molecule has 1 aromatic rings. The van der Waals surface area contributed by atoms with E-state index in [1.165, 1.54) is 0 Å². The minimum absolute atomic E-state index is 0.0304. The van der Waals surface area contributed by atoms with Gasteiger partial charge in [0.05, 0.1) is 24.9 Å². The van der Waals surface area contributed by atoms with Crippen LogP contribution < -0.4 is 5.73 Å². The van der Waals surface area contributed by atoms with E-state index in [-0.39, 0.29) is 11.9 Å². The molecule has 0 aliphatic rings. The highest BCUT2D eigenvalue weighted by Crippen LogP contribution is 2.10. The number of aromatic nitrogens is 1. The van der Waals surface area contributed by atoms with E-state index in [4.69, 9.17) is 15.2 Å². The first kappa shape index (κ1) is 16.6. The van der Waals surface area contributed by atoms with Crippen molar-refractivity contribution in [1.29, 1.82) is 0 Å². The molecule has 0 spiro atoms. The Balaban J connectivity index is 2.90. The lowest BCUT2D eigenvalue weighted by molar-refractivity contribution is 0.0479. The molecule has 1 heterocycles. The molecule has 1 amide bonds. The van der Waals surface area contributed by atoms with Crippen LogP contribution in [0.25, 0.3) is 0 Å². The number of hydrogen-bond donors (Lipinski definition) is 1. The zero-order valence-corrected chi connectivity index (χ0v) is 12.3. The Morgan fingerprint density at radius 1 is 1.45 bits per heavy atom. The topological polar surface area (TPSA) is 77.7 Å². The number of rotatable bonds is 8. The molecule has 0 aromatic carbocycles. The van der Waals surface area contributed by atoms with E-state index in [0.29, 0.717) is 37.6 Å². The fourth-order valence-electron chi connectivity index (χ4n) is 1.93. The highest BCUT2D eigenvalue weighted by molar-refractivity contribution is 5.94. The van der Waals surface area contributed by atoms with Crippen molar-refractivity contribution in [3.63, 3.8) is 0 Å². The summed E-state index contributed by atoms with van der Waals surface area (Å²) in [5.74, 6) is -0.0660. The number of carbonyl (C=O) groups is 1. The van der Waals surface area contributed by atoms with Crippen molar-refractivity contribution in [3.05, 3.63) is 29.6 Å². The molecule has 1 rings (SSSR count). The summed E-state index contributed by atoms with van der Waals surface area (Å²) in [5, 5.41) is 0. The second-order valence-corrected chi connectivity index (χ2v) is 4.54. The summed E-state index contributed by atoms with van der Waals surface area (Å²) in [4.78, 5) is 18.4. The SMILES string of the molecule is COCCN(C(=O)c1ccnc(CN)c1)C(C)COC. The van der Waals surface area contributed by atoms with Crippen LogP contribution in [0.2, 0.25) is 0 Å². The average Bonchev–Trinajstić information content (AvgIpc) is 2.47. The molecule has 0 bridgehead atoms. The molecule has 0 saturated carbocycles. The van der Waals surface area contributed by atoms with Crippen molar-refractivity contribution in [2.24, 2.45) is 5.73 Å². The zero-order valence-electron chi connectivity index (χ0n) is 12.3. The molecule has 112 valence electrons. The molecule has 0 radical (unpaired) electrons. The van der Waals surface area contributed by atoms with Gasteiger partial charge in [-0.2, -0.15) is 0 Å². The van der Waals surface area contributed by atoms with Crippen LogP contribution >= 0.6 is 0 Å². The van der Waals surface area contributed by atoms with Gasteiger partial charge in [-0.15, -0.1) is 0 Å². The van der Waals surface area contributed by atoms with Gasteiger partial charge in [0.15, 0.2) is 0 Å². The van der Waals surface area contributed by atoms with Crippen molar-refractivity contribution < 1.29 is 14.3 Å². The van der Waals surface area contributed by atoms with Gasteiger partial charge in [-0.1, -0.05) is 0 Å². The molecule has 0 fully saturated rings. The molecular weight excluding hydrogens is 258 g/mol. The molecule has 0 aliphatic carbocycles. The van der Waals surface area contributed by atoms with Crippen LogP contribution in [-0.4, -0.2) is 55.8 Å². The van der Waals surface area contributed by atoms with E-state index in [0.717, 1.165) is 0 Å². The molecule has 0 aliphatic heterocycles. The molecular formula is C14H23N3O3. The summed E-state index contributed by atoms with van der Waals surface area (Å²) in [7, 11) is 3.23. The Bertz CT molecular complexity index is 426. The molecule has 1 unspecified atom stereocenters. The minimum atomic E-state index is -0.0660. The first-order valence-corrected chi connectivity index (χ1v) is 6.57. The molecule has 2 N–H and O–H groups in total. The molecule has 0 saturated heterocycles. The fourth-order valence-corrected chi connectivity index (χ4v) is 1.93. The first-order chi connectivity index (χ1) is 9.63. The Morgan fingerprint density at radius 2 is 2.20 bits per heavy atom. The van der Waals surface area contributed by atoms with Crippen LogP contribution in [0.4, 0.5) is 0 Å². The standard InChI is InChI=1S/C14H23N3O3/c1-11(10-20-3)17(6-7-19-2)14(18)12-4-5-16-13(8-12)9-15/h4-5,8,11H,6-7,9-10,15H2,1-3H3. The summed E-state index contributed by atoms with van der Waals surface area (Å²) < 4.78 is 10.2. The largest absolute Gasteiger partial charge is 0.383 e. The quantitative estimate of drug-likeness (QED) is 0.757. The average molecular weight is 281 g/mol. The van der Waals surface area contributed by atoms with E-state index in [1.54, 1.807) is 37.4 Å². The number of nitrogens with two attached hydrogens (primary N) is 1. The zero-order chi connectivity index (χ0) is 15.0. The molecule has 6 heteroatoms. The maximum absolute atomic E-state index is 12.6. The van der Waals surface area contributed by atoms with E-state index >= 15 is 0 Å². The molecule has 1 aromatic heterocycles. The number of amides is 1. The van der Waals surface area contributed by atoms with Crippen LogP contribution in [0.3, 0.4) is 0 Å². The number of methoxy groups -OCH3 is 2. The predicted molar refractivity (Wildman–Crippen MR) is 76.4 cm³/mol. The van der Waals surface area contributed by atoms with Gasteiger partial charge < -0.3 is 20.1 Å². The van der Waals surface area contributed by atoms with Crippen molar-refractivity contribution in [2.75, 3.05) is 34.0 Å². The van der Waals surface area contributed by atoms with Crippen LogP contribution in [0.5, 0.6) is 0 Å². The summed E-state index contributed by atoms with van der Waals surface area (Å²) in [6.07, 6.45) is 1.60. The van der Waals surface area contributed by atoms with Gasteiger partial charge in [0.25, 0.3) is 5.91 Å². The third-order valence-electron chi connectivity index (χ3n) is 3.01. The molecule has 1 atom stereocenters. The van der Waals surface area contributed by atoms with Gasteiger partial charge in [0.2, 0.25) is 0 Å². The van der Waals surface area contributed by atoms with Crippen molar-refractivity contribution in [2.45, 2.75) is 19.5 Å². The van der Waals surface area contributed by atoms with E-state index in [9.17, 15) is 4.79 Å². The molecule has 6 nitrogen and oxygen atoms in total. The van der Waals surface area contributed by atoms with Crippen LogP contribution in [0.1, 0.15) is 23.0 Å².